The lowest BCUT2D eigenvalue weighted by Gasteiger charge is -2.11. The molecule has 2 heterocycles. The summed E-state index contributed by atoms with van der Waals surface area (Å²) in [4.78, 5) is 25.3. The zero-order valence-electron chi connectivity index (χ0n) is 19.1. The highest BCUT2D eigenvalue weighted by Crippen LogP contribution is 2.15. The Labute approximate surface area is 196 Å². The number of nitrogens with one attached hydrogen (secondary N) is 1. The normalized spacial score (nSPS) is 12.0. The highest BCUT2D eigenvalue weighted by molar-refractivity contribution is 5.76. The average molecular weight is 464 g/mol. The number of nitrogens with zero attached hydrogens (tertiary/aromatic N) is 4. The number of hydrogen-bond donors (Lipinski definition) is 1. The number of halogens is 1. The molecule has 9 heteroatoms. The van der Waals surface area contributed by atoms with Gasteiger partial charge in [0.25, 0.3) is 0 Å². The topological polar surface area (TPSA) is 90.5 Å². The molecule has 0 aliphatic heterocycles. The van der Waals surface area contributed by atoms with Gasteiger partial charge in [0.2, 0.25) is 11.6 Å². The van der Waals surface area contributed by atoms with Gasteiger partial charge in [-0.05, 0) is 54.8 Å². The number of amides is 1. The predicted molar refractivity (Wildman–Crippen MR) is 125 cm³/mol. The summed E-state index contributed by atoms with van der Waals surface area (Å²) in [6.07, 6.45) is 4.21. The minimum absolute atomic E-state index is 0.0193. The van der Waals surface area contributed by atoms with Crippen LogP contribution < -0.4 is 15.6 Å². The zero-order chi connectivity index (χ0) is 24.1. The third kappa shape index (κ3) is 5.31. The van der Waals surface area contributed by atoms with Crippen LogP contribution in [0.4, 0.5) is 4.39 Å². The van der Waals surface area contributed by atoms with E-state index in [1.165, 1.54) is 16.7 Å². The van der Waals surface area contributed by atoms with E-state index >= 15 is 0 Å². The van der Waals surface area contributed by atoms with Gasteiger partial charge in [-0.15, -0.1) is 10.2 Å². The second-order valence-corrected chi connectivity index (χ2v) is 8.13. The number of benzene rings is 2. The third-order valence-electron chi connectivity index (χ3n) is 5.44. The van der Waals surface area contributed by atoms with Crippen LogP contribution in [0.5, 0.6) is 5.75 Å². The van der Waals surface area contributed by atoms with Gasteiger partial charge < -0.3 is 10.1 Å². The molecular formula is C25H26FN5O3. The molecule has 0 radical (unpaired) electrons. The Morgan fingerprint density at radius 3 is 2.53 bits per heavy atom. The Bertz CT molecular complexity index is 1330. The molecule has 4 aromatic rings. The van der Waals surface area contributed by atoms with Crippen molar-refractivity contribution >= 4 is 11.6 Å². The number of fused-ring (bicyclic) bond motifs is 1. The Balaban J connectivity index is 1.41. The van der Waals surface area contributed by atoms with Crippen molar-refractivity contribution in [3.8, 4) is 11.4 Å². The fraction of sp³-hybridized carbons (Fsp3) is 0.280. The highest BCUT2D eigenvalue weighted by Gasteiger charge is 2.16. The summed E-state index contributed by atoms with van der Waals surface area (Å²) in [5, 5.41) is 11.1. The molecule has 4 rings (SSSR count). The summed E-state index contributed by atoms with van der Waals surface area (Å²) >= 11 is 0. The predicted octanol–water partition coefficient (Wildman–Crippen LogP) is 3.30. The van der Waals surface area contributed by atoms with E-state index < -0.39 is 0 Å². The summed E-state index contributed by atoms with van der Waals surface area (Å²) in [5.74, 6) is 0.916. The Morgan fingerprint density at radius 2 is 1.82 bits per heavy atom. The summed E-state index contributed by atoms with van der Waals surface area (Å²) in [6.45, 7) is 4.77. The standard InChI is InChI=1S/C25H26FN5O3/c1-3-34-21-10-8-20(9-11-21)30-12-13-31-22(28-29-24(31)25(30)33)14-17(2)15-23(32)27-16-18-4-6-19(26)7-5-18/h4-13,17H,3,14-16H2,1-2H3,(H,27,32)/t17-/m1/s1. The number of rotatable bonds is 9. The van der Waals surface area contributed by atoms with Gasteiger partial charge in [-0.1, -0.05) is 19.1 Å². The van der Waals surface area contributed by atoms with Crippen molar-refractivity contribution in [2.24, 2.45) is 5.92 Å². The van der Waals surface area contributed by atoms with Crippen LogP contribution in [-0.2, 0) is 17.8 Å². The van der Waals surface area contributed by atoms with Crippen LogP contribution in [0.1, 0.15) is 31.7 Å². The molecule has 0 aliphatic rings. The van der Waals surface area contributed by atoms with Crippen LogP contribution in [0, 0.1) is 11.7 Å². The molecule has 0 unspecified atom stereocenters. The maximum Gasteiger partial charge on any atom is 0.300 e. The van der Waals surface area contributed by atoms with E-state index in [-0.39, 0.29) is 28.8 Å². The Hall–Kier alpha value is -4.01. The first-order valence-corrected chi connectivity index (χ1v) is 11.1. The molecule has 176 valence electrons. The number of hydrogen-bond acceptors (Lipinski definition) is 5. The van der Waals surface area contributed by atoms with E-state index in [0.29, 0.717) is 37.5 Å². The summed E-state index contributed by atoms with van der Waals surface area (Å²) < 4.78 is 21.6. The van der Waals surface area contributed by atoms with Crippen molar-refractivity contribution < 1.29 is 13.9 Å². The van der Waals surface area contributed by atoms with E-state index in [2.05, 4.69) is 15.5 Å². The van der Waals surface area contributed by atoms with E-state index in [4.69, 9.17) is 4.74 Å². The summed E-state index contributed by atoms with van der Waals surface area (Å²) in [6, 6.07) is 13.3. The van der Waals surface area contributed by atoms with Crippen molar-refractivity contribution in [3.63, 3.8) is 0 Å². The quantitative estimate of drug-likeness (QED) is 0.411. The average Bonchev–Trinajstić information content (AvgIpc) is 3.23. The number of ether oxygens (including phenoxy) is 1. The zero-order valence-corrected chi connectivity index (χ0v) is 19.1. The van der Waals surface area contributed by atoms with Crippen molar-refractivity contribution in [2.45, 2.75) is 33.2 Å². The highest BCUT2D eigenvalue weighted by atomic mass is 19.1. The number of carbonyl (C=O) groups is 1. The van der Waals surface area contributed by atoms with E-state index in [0.717, 1.165) is 11.3 Å². The Morgan fingerprint density at radius 1 is 1.09 bits per heavy atom. The lowest BCUT2D eigenvalue weighted by Crippen LogP contribution is -2.25. The van der Waals surface area contributed by atoms with Gasteiger partial charge in [0.05, 0.1) is 6.61 Å². The van der Waals surface area contributed by atoms with Crippen molar-refractivity contribution in [2.75, 3.05) is 6.61 Å². The lowest BCUT2D eigenvalue weighted by molar-refractivity contribution is -0.122. The molecule has 0 fully saturated rings. The van der Waals surface area contributed by atoms with Crippen molar-refractivity contribution in [1.82, 2.24) is 24.5 Å². The molecule has 2 aromatic carbocycles. The van der Waals surface area contributed by atoms with Crippen LogP contribution in [0.3, 0.4) is 0 Å². The molecule has 0 saturated carbocycles. The molecule has 0 spiro atoms. The molecule has 1 N–H and O–H groups in total. The maximum absolute atomic E-state index is 13.0. The number of aromatic nitrogens is 4. The first-order chi connectivity index (χ1) is 16.4. The van der Waals surface area contributed by atoms with E-state index in [1.54, 1.807) is 28.9 Å². The van der Waals surface area contributed by atoms with Gasteiger partial charge in [0, 0.05) is 37.5 Å². The number of carbonyl (C=O) groups excluding carboxylic acids is 1. The monoisotopic (exact) mass is 463 g/mol. The van der Waals surface area contributed by atoms with Crippen LogP contribution in [0.2, 0.25) is 0 Å². The molecule has 34 heavy (non-hydrogen) atoms. The van der Waals surface area contributed by atoms with E-state index in [1.807, 2.05) is 38.1 Å². The first kappa shape index (κ1) is 23.2. The van der Waals surface area contributed by atoms with Gasteiger partial charge in [-0.2, -0.15) is 0 Å². The van der Waals surface area contributed by atoms with Gasteiger partial charge in [-0.25, -0.2) is 4.39 Å². The summed E-state index contributed by atoms with van der Waals surface area (Å²) in [5.41, 5.74) is 1.47. The molecule has 0 aliphatic carbocycles. The molecule has 1 amide bonds. The van der Waals surface area contributed by atoms with Gasteiger partial charge in [-0.3, -0.25) is 18.6 Å². The van der Waals surface area contributed by atoms with Crippen molar-refractivity contribution in [1.29, 1.82) is 0 Å². The second-order valence-electron chi connectivity index (χ2n) is 8.13. The van der Waals surface area contributed by atoms with Crippen molar-refractivity contribution in [3.05, 3.63) is 88.5 Å². The SMILES string of the molecule is CCOc1ccc(-n2ccn3c(C[C@@H](C)CC(=O)NCc4ccc(F)cc4)nnc3c2=O)cc1. The van der Waals surface area contributed by atoms with Gasteiger partial charge in [0.15, 0.2) is 0 Å². The fourth-order valence-electron chi connectivity index (χ4n) is 3.72. The minimum Gasteiger partial charge on any atom is -0.494 e. The second kappa shape index (κ2) is 10.3. The molecule has 0 bridgehead atoms. The summed E-state index contributed by atoms with van der Waals surface area (Å²) in [7, 11) is 0. The fourth-order valence-corrected chi connectivity index (χ4v) is 3.72. The van der Waals surface area contributed by atoms with E-state index in [9.17, 15) is 14.0 Å². The van der Waals surface area contributed by atoms with Gasteiger partial charge >= 0.3 is 5.56 Å². The smallest absolute Gasteiger partial charge is 0.300 e. The van der Waals surface area contributed by atoms with Crippen LogP contribution in [0.15, 0.2) is 65.7 Å². The maximum atomic E-state index is 13.0. The van der Waals surface area contributed by atoms with Crippen LogP contribution >= 0.6 is 0 Å². The third-order valence-corrected chi connectivity index (χ3v) is 5.44. The molecule has 8 nitrogen and oxygen atoms in total. The van der Waals surface area contributed by atoms with Gasteiger partial charge in [0.1, 0.15) is 17.4 Å². The van der Waals surface area contributed by atoms with Crippen LogP contribution in [0.25, 0.3) is 11.3 Å². The Kier molecular flexibility index (Phi) is 7.01. The molecular weight excluding hydrogens is 437 g/mol. The largest absolute Gasteiger partial charge is 0.494 e. The molecule has 0 saturated heterocycles. The molecule has 1 atom stereocenters. The lowest BCUT2D eigenvalue weighted by atomic mass is 10.0. The first-order valence-electron chi connectivity index (χ1n) is 11.1. The molecule has 2 aromatic heterocycles. The minimum atomic E-state index is -0.310. The van der Waals surface area contributed by atoms with Crippen LogP contribution in [-0.4, -0.2) is 31.7 Å².